The minimum absolute atomic E-state index is 0.0519. The van der Waals surface area contributed by atoms with Gasteiger partial charge in [-0.1, -0.05) is 6.07 Å². The van der Waals surface area contributed by atoms with Crippen molar-refractivity contribution in [2.24, 2.45) is 11.1 Å². The number of ether oxygens (including phenoxy) is 1. The molecule has 1 saturated heterocycles. The SMILES string of the molecule is CC(C)(C)OC(=O)N1CCC(C(c2ccc(S(N)(=O)=O)cc2F)S(=O)O)CC1. The number of hydrogen-bond acceptors (Lipinski definition) is 5. The fraction of sp³-hybridized carbons (Fsp3) is 0.588. The third-order valence-corrected chi connectivity index (χ3v) is 6.43. The summed E-state index contributed by atoms with van der Waals surface area (Å²) in [5, 5.41) is 3.94. The van der Waals surface area contributed by atoms with Crippen LogP contribution in [0.5, 0.6) is 0 Å². The van der Waals surface area contributed by atoms with Gasteiger partial charge in [0.1, 0.15) is 11.4 Å². The summed E-state index contributed by atoms with van der Waals surface area (Å²) in [7, 11) is -4.08. The average Bonchev–Trinajstić information content (AvgIpc) is 2.54. The van der Waals surface area contributed by atoms with Gasteiger partial charge in [0.05, 0.1) is 10.1 Å². The summed E-state index contributed by atoms with van der Waals surface area (Å²) < 4.78 is 64.2. The highest BCUT2D eigenvalue weighted by molar-refractivity contribution is 7.89. The molecule has 1 heterocycles. The predicted molar refractivity (Wildman–Crippen MR) is 102 cm³/mol. The zero-order valence-electron chi connectivity index (χ0n) is 15.9. The van der Waals surface area contributed by atoms with Crippen LogP contribution in [0.25, 0.3) is 0 Å². The predicted octanol–water partition coefficient (Wildman–Crippen LogP) is 2.38. The van der Waals surface area contributed by atoms with Gasteiger partial charge in [-0.3, -0.25) is 0 Å². The van der Waals surface area contributed by atoms with E-state index in [1.807, 2.05) is 0 Å². The van der Waals surface area contributed by atoms with Crippen molar-refractivity contribution < 1.29 is 31.1 Å². The fourth-order valence-corrected chi connectivity index (χ4v) is 4.69. The molecule has 1 fully saturated rings. The number of carbonyl (C=O) groups excluding carboxylic acids is 1. The molecule has 1 amide bonds. The molecule has 0 spiro atoms. The standard InChI is InChI=1S/C17H25FN2O6S2/c1-17(2,3)26-16(21)20-8-6-11(7-9-20)15(27(22)23)13-5-4-12(10-14(13)18)28(19,24)25/h4-5,10-11,15H,6-9H2,1-3H3,(H,22,23)(H2,19,24,25). The summed E-state index contributed by atoms with van der Waals surface area (Å²) in [5.74, 6) is -1.27. The molecule has 0 radical (unpaired) electrons. The van der Waals surface area contributed by atoms with E-state index in [-0.39, 0.29) is 11.5 Å². The number of sulfonamides is 1. The van der Waals surface area contributed by atoms with Gasteiger partial charge >= 0.3 is 6.09 Å². The number of hydrogen-bond donors (Lipinski definition) is 2. The molecule has 0 saturated carbocycles. The molecule has 158 valence electrons. The molecule has 3 N–H and O–H groups in total. The largest absolute Gasteiger partial charge is 0.444 e. The molecule has 0 aliphatic carbocycles. The Bertz CT molecular complexity index is 861. The first-order chi connectivity index (χ1) is 12.8. The highest BCUT2D eigenvalue weighted by Gasteiger charge is 2.35. The van der Waals surface area contributed by atoms with Crippen LogP contribution in [0.3, 0.4) is 0 Å². The van der Waals surface area contributed by atoms with Gasteiger partial charge < -0.3 is 14.2 Å². The zero-order valence-corrected chi connectivity index (χ0v) is 17.6. The normalized spacial score (nSPS) is 18.6. The Morgan fingerprint density at radius 3 is 2.36 bits per heavy atom. The van der Waals surface area contributed by atoms with Crippen molar-refractivity contribution in [3.63, 3.8) is 0 Å². The summed E-state index contributed by atoms with van der Waals surface area (Å²) in [6, 6.07) is 3.04. The lowest BCUT2D eigenvalue weighted by atomic mass is 9.89. The Morgan fingerprint density at radius 1 is 1.36 bits per heavy atom. The summed E-state index contributed by atoms with van der Waals surface area (Å²) in [6.07, 6.45) is 0.301. The van der Waals surface area contributed by atoms with Crippen molar-refractivity contribution in [1.82, 2.24) is 4.90 Å². The van der Waals surface area contributed by atoms with Gasteiger partial charge in [-0.2, -0.15) is 0 Å². The molecule has 0 aromatic heterocycles. The number of nitrogens with two attached hydrogens (primary N) is 1. The number of likely N-dealkylation sites (tertiary alicyclic amines) is 1. The fourth-order valence-electron chi connectivity index (χ4n) is 3.15. The topological polar surface area (TPSA) is 127 Å². The first-order valence-electron chi connectivity index (χ1n) is 8.69. The molecule has 2 rings (SSSR count). The van der Waals surface area contributed by atoms with Crippen LogP contribution in [0.4, 0.5) is 9.18 Å². The van der Waals surface area contributed by atoms with E-state index >= 15 is 0 Å². The van der Waals surface area contributed by atoms with E-state index in [0.717, 1.165) is 12.1 Å². The van der Waals surface area contributed by atoms with E-state index in [1.165, 1.54) is 11.0 Å². The van der Waals surface area contributed by atoms with Crippen LogP contribution in [-0.2, 0) is 25.8 Å². The molecule has 1 aromatic carbocycles. The summed E-state index contributed by atoms with van der Waals surface area (Å²) in [5.41, 5.74) is -0.680. The van der Waals surface area contributed by atoms with Crippen molar-refractivity contribution in [2.45, 2.75) is 49.4 Å². The second kappa shape index (κ2) is 8.44. The number of carbonyl (C=O) groups is 1. The van der Waals surface area contributed by atoms with E-state index in [2.05, 4.69) is 0 Å². The summed E-state index contributed by atoms with van der Waals surface area (Å²) >= 11 is -2.38. The van der Waals surface area contributed by atoms with E-state index in [4.69, 9.17) is 9.88 Å². The van der Waals surface area contributed by atoms with Crippen LogP contribution in [-0.4, -0.2) is 46.9 Å². The maximum atomic E-state index is 14.5. The molecular formula is C17H25FN2O6S2. The van der Waals surface area contributed by atoms with Crippen molar-refractivity contribution in [2.75, 3.05) is 13.1 Å². The molecular weight excluding hydrogens is 411 g/mol. The van der Waals surface area contributed by atoms with Crippen LogP contribution in [0.1, 0.15) is 44.4 Å². The first-order valence-corrected chi connectivity index (χ1v) is 11.4. The third-order valence-electron chi connectivity index (χ3n) is 4.44. The molecule has 28 heavy (non-hydrogen) atoms. The first kappa shape index (κ1) is 22.7. The van der Waals surface area contributed by atoms with E-state index < -0.39 is 48.8 Å². The third kappa shape index (κ3) is 5.72. The Balaban J connectivity index is 2.17. The minimum atomic E-state index is -4.08. The van der Waals surface area contributed by atoms with Crippen molar-refractivity contribution in [3.05, 3.63) is 29.6 Å². The van der Waals surface area contributed by atoms with Crippen LogP contribution in [0.15, 0.2) is 23.1 Å². The number of primary sulfonamides is 1. The van der Waals surface area contributed by atoms with E-state index in [9.17, 15) is 26.4 Å². The van der Waals surface area contributed by atoms with Gasteiger partial charge in [0, 0.05) is 18.7 Å². The van der Waals surface area contributed by atoms with Gasteiger partial charge in [0.2, 0.25) is 10.0 Å². The summed E-state index contributed by atoms with van der Waals surface area (Å²) in [6.45, 7) is 5.90. The van der Waals surface area contributed by atoms with Crippen LogP contribution >= 0.6 is 0 Å². The number of benzene rings is 1. The van der Waals surface area contributed by atoms with Gasteiger partial charge in [-0.15, -0.1) is 0 Å². The molecule has 0 bridgehead atoms. The Kier molecular flexibility index (Phi) is 6.85. The Morgan fingerprint density at radius 2 is 1.93 bits per heavy atom. The molecule has 1 aliphatic heterocycles. The maximum Gasteiger partial charge on any atom is 0.410 e. The molecule has 8 nitrogen and oxygen atoms in total. The number of halogens is 1. The smallest absolute Gasteiger partial charge is 0.410 e. The average molecular weight is 437 g/mol. The van der Waals surface area contributed by atoms with Crippen LogP contribution in [0, 0.1) is 11.7 Å². The van der Waals surface area contributed by atoms with Crippen LogP contribution < -0.4 is 5.14 Å². The minimum Gasteiger partial charge on any atom is -0.444 e. The Labute approximate surface area is 166 Å². The highest BCUT2D eigenvalue weighted by atomic mass is 32.2. The van der Waals surface area contributed by atoms with Crippen molar-refractivity contribution in [1.29, 1.82) is 0 Å². The lowest BCUT2D eigenvalue weighted by Crippen LogP contribution is -2.43. The highest BCUT2D eigenvalue weighted by Crippen LogP contribution is 2.36. The maximum absolute atomic E-state index is 14.5. The number of nitrogens with zero attached hydrogens (tertiary/aromatic N) is 1. The van der Waals surface area contributed by atoms with E-state index in [0.29, 0.717) is 25.9 Å². The van der Waals surface area contributed by atoms with Crippen LogP contribution in [0.2, 0.25) is 0 Å². The zero-order chi connectivity index (χ0) is 21.3. The second-order valence-corrected chi connectivity index (χ2v) is 10.4. The molecule has 2 atom stereocenters. The lowest BCUT2D eigenvalue weighted by Gasteiger charge is -2.35. The number of rotatable bonds is 4. The Hall–Kier alpha value is -1.56. The van der Waals surface area contributed by atoms with Gasteiger partial charge in [0.15, 0.2) is 11.1 Å². The van der Waals surface area contributed by atoms with Gasteiger partial charge in [-0.05, 0) is 51.7 Å². The second-order valence-electron chi connectivity index (χ2n) is 7.73. The quantitative estimate of drug-likeness (QED) is 0.698. The van der Waals surface area contributed by atoms with Crippen molar-refractivity contribution in [3.8, 4) is 0 Å². The van der Waals surface area contributed by atoms with E-state index in [1.54, 1.807) is 20.8 Å². The lowest BCUT2D eigenvalue weighted by molar-refractivity contribution is 0.0182. The molecule has 2 unspecified atom stereocenters. The molecule has 11 heteroatoms. The number of piperidine rings is 1. The van der Waals surface area contributed by atoms with Crippen molar-refractivity contribution >= 4 is 27.2 Å². The molecule has 1 aliphatic rings. The summed E-state index contributed by atoms with van der Waals surface area (Å²) in [4.78, 5) is 13.3. The van der Waals surface area contributed by atoms with Gasteiger partial charge in [-0.25, -0.2) is 27.0 Å². The van der Waals surface area contributed by atoms with Gasteiger partial charge in [0.25, 0.3) is 0 Å². The molecule has 1 aromatic rings. The number of amides is 1. The monoisotopic (exact) mass is 436 g/mol.